The minimum absolute atomic E-state index is 0.230. The molecule has 0 atom stereocenters. The molecule has 0 aliphatic carbocycles. The molecule has 0 aromatic rings. The average Bonchev–Trinajstić information content (AvgIpc) is 1.67. The molecule has 0 fully saturated rings. The first-order chi connectivity index (χ1) is 4.18. The van der Waals surface area contributed by atoms with Gasteiger partial charge in [-0.3, -0.25) is 0 Å². The molecule has 0 aromatic heterocycles. The third-order valence-corrected chi connectivity index (χ3v) is 0.309. The van der Waals surface area contributed by atoms with Crippen molar-refractivity contribution in [3.05, 3.63) is 12.2 Å². The molecule has 2 radical (unpaired) electrons. The maximum absolute atomic E-state index is 9.51. The van der Waals surface area contributed by atoms with Gasteiger partial charge in [-0.1, -0.05) is 6.08 Å². The fraction of sp³-hybridized carbons (Fsp3) is 0.500. The Morgan fingerprint density at radius 3 is 1.89 bits per heavy atom. The first kappa shape index (κ1) is 11.8. The molecular weight excluding hydrogens is 223 g/mol. The summed E-state index contributed by atoms with van der Waals surface area (Å²) in [5.74, 6) is -0.891. The Hall–Kier alpha value is 0.00870. The van der Waals surface area contributed by atoms with Crippen molar-refractivity contribution in [2.45, 2.75) is 16.8 Å². The standard InChI is InChI=1S/C4H6O2.2CH3.Sn/c1-2-3-4(5)6;;;/h2-3H,1H3,(H,5,6);2*1H3;. The Morgan fingerprint density at radius 1 is 1.56 bits per heavy atom. The van der Waals surface area contributed by atoms with E-state index < -0.39 is 5.97 Å². The zero-order valence-corrected chi connectivity index (χ0v) is 8.86. The molecule has 0 aromatic carbocycles. The summed E-state index contributed by atoms with van der Waals surface area (Å²) in [7, 11) is 0. The molecule has 2 nitrogen and oxygen atoms in total. The molecule has 0 heterocycles. The molecule has 0 saturated heterocycles. The van der Waals surface area contributed by atoms with Crippen molar-refractivity contribution in [2.24, 2.45) is 0 Å². The van der Waals surface area contributed by atoms with Crippen molar-refractivity contribution in [2.75, 3.05) is 0 Å². The van der Waals surface area contributed by atoms with E-state index in [0.717, 1.165) is 6.08 Å². The number of hydrogen-bond acceptors (Lipinski definition) is 1. The molecule has 0 amide bonds. The Morgan fingerprint density at radius 2 is 1.89 bits per heavy atom. The van der Waals surface area contributed by atoms with Gasteiger partial charge < -0.3 is 5.11 Å². The third kappa shape index (κ3) is 31.9. The van der Waals surface area contributed by atoms with E-state index in [1.54, 1.807) is 6.92 Å². The Kier molecular flexibility index (Phi) is 14.2. The van der Waals surface area contributed by atoms with Crippen LogP contribution in [0.3, 0.4) is 0 Å². The second-order valence-electron chi connectivity index (χ2n) is 1.34. The molecule has 3 heteroatoms. The van der Waals surface area contributed by atoms with E-state index in [-0.39, 0.29) is 21.1 Å². The van der Waals surface area contributed by atoms with Crippen molar-refractivity contribution in [1.29, 1.82) is 0 Å². The monoisotopic (exact) mass is 236 g/mol. The van der Waals surface area contributed by atoms with Crippen LogP contribution in [0.5, 0.6) is 0 Å². The van der Waals surface area contributed by atoms with Crippen molar-refractivity contribution in [1.82, 2.24) is 0 Å². The molecule has 0 aliphatic heterocycles. The number of carboxylic acids is 1. The van der Waals surface area contributed by atoms with Gasteiger partial charge in [0, 0.05) is 6.08 Å². The molecule has 9 heavy (non-hydrogen) atoms. The van der Waals surface area contributed by atoms with Crippen LogP contribution in [0.2, 0.25) is 9.88 Å². The quantitative estimate of drug-likeness (QED) is 0.551. The summed E-state index contributed by atoms with van der Waals surface area (Å²) in [6.45, 7) is 1.66. The van der Waals surface area contributed by atoms with Gasteiger partial charge in [-0.15, -0.1) is 0 Å². The van der Waals surface area contributed by atoms with Crippen LogP contribution in [0.15, 0.2) is 12.2 Å². The summed E-state index contributed by atoms with van der Waals surface area (Å²) in [5.41, 5.74) is 0. The van der Waals surface area contributed by atoms with Crippen LogP contribution >= 0.6 is 0 Å². The topological polar surface area (TPSA) is 37.3 Å². The number of allylic oxidation sites excluding steroid dienone is 1. The molecule has 0 rings (SSSR count). The average molecular weight is 235 g/mol. The van der Waals surface area contributed by atoms with Crippen molar-refractivity contribution in [3.63, 3.8) is 0 Å². The summed E-state index contributed by atoms with van der Waals surface area (Å²) in [6, 6.07) is 0. The molecule has 0 aliphatic rings. The maximum atomic E-state index is 9.51. The van der Waals surface area contributed by atoms with Gasteiger partial charge in [0.25, 0.3) is 0 Å². The molecular formula is C6H12O2Sn. The van der Waals surface area contributed by atoms with E-state index in [9.17, 15) is 4.79 Å². The summed E-state index contributed by atoms with van der Waals surface area (Å²) in [4.78, 5) is 14.1. The van der Waals surface area contributed by atoms with Gasteiger partial charge in [-0.05, 0) is 6.92 Å². The first-order valence-electron chi connectivity index (χ1n) is 2.63. The second kappa shape index (κ2) is 10.9. The first-order valence-corrected chi connectivity index (χ1v) is 8.34. The second-order valence-corrected chi connectivity index (χ2v) is 4.19. The van der Waals surface area contributed by atoms with Gasteiger partial charge in [-0.25, -0.2) is 4.79 Å². The zero-order valence-electron chi connectivity index (χ0n) is 6.01. The van der Waals surface area contributed by atoms with Crippen LogP contribution in [0.1, 0.15) is 6.92 Å². The van der Waals surface area contributed by atoms with Crippen molar-refractivity contribution >= 4 is 27.1 Å². The Balaban J connectivity index is 0. The molecule has 0 bridgehead atoms. The summed E-state index contributed by atoms with van der Waals surface area (Å²) >= 11 is 0.230. The van der Waals surface area contributed by atoms with Gasteiger partial charge in [0.1, 0.15) is 0 Å². The van der Waals surface area contributed by atoms with E-state index in [4.69, 9.17) is 5.11 Å². The molecule has 52 valence electrons. The van der Waals surface area contributed by atoms with E-state index in [1.165, 1.54) is 6.08 Å². The van der Waals surface area contributed by atoms with E-state index in [1.807, 2.05) is 0 Å². The van der Waals surface area contributed by atoms with Gasteiger partial charge in [0.05, 0.1) is 0 Å². The molecule has 0 spiro atoms. The summed E-state index contributed by atoms with van der Waals surface area (Å²) in [6.07, 6.45) is 2.56. The SMILES string of the molecule is CC=CC(=O)O.[CH3][Sn][CH3]. The fourth-order valence-electron chi connectivity index (χ4n) is 0.143. The van der Waals surface area contributed by atoms with Crippen LogP contribution in [0.25, 0.3) is 0 Å². The number of carbonyl (C=O) groups is 1. The Labute approximate surface area is 66.2 Å². The summed E-state index contributed by atoms with van der Waals surface area (Å²) < 4.78 is 0. The normalized spacial score (nSPS) is 8.33. The Bertz CT molecular complexity index is 89.1. The van der Waals surface area contributed by atoms with Crippen LogP contribution in [0.4, 0.5) is 0 Å². The van der Waals surface area contributed by atoms with Crippen molar-refractivity contribution < 1.29 is 9.90 Å². The zero-order chi connectivity index (χ0) is 7.70. The van der Waals surface area contributed by atoms with Crippen LogP contribution in [-0.4, -0.2) is 32.2 Å². The number of hydrogen-bond donors (Lipinski definition) is 1. The van der Waals surface area contributed by atoms with Crippen LogP contribution in [0, 0.1) is 0 Å². The molecule has 0 saturated carbocycles. The predicted octanol–water partition coefficient (Wildman–Crippen LogP) is 1.43. The van der Waals surface area contributed by atoms with Gasteiger partial charge >= 0.3 is 37.0 Å². The number of aliphatic carboxylic acids is 1. The third-order valence-electron chi connectivity index (χ3n) is 0.309. The fourth-order valence-corrected chi connectivity index (χ4v) is 0.143. The molecule has 0 unspecified atom stereocenters. The van der Waals surface area contributed by atoms with E-state index >= 15 is 0 Å². The van der Waals surface area contributed by atoms with Crippen LogP contribution < -0.4 is 0 Å². The number of carboxylic acid groups (broad SMARTS) is 1. The molecule has 1 N–H and O–H groups in total. The predicted molar refractivity (Wildman–Crippen MR) is 39.9 cm³/mol. The van der Waals surface area contributed by atoms with E-state index in [0.29, 0.717) is 0 Å². The van der Waals surface area contributed by atoms with Gasteiger partial charge in [0.15, 0.2) is 0 Å². The van der Waals surface area contributed by atoms with Gasteiger partial charge in [-0.2, -0.15) is 0 Å². The van der Waals surface area contributed by atoms with E-state index in [2.05, 4.69) is 9.88 Å². The van der Waals surface area contributed by atoms with Crippen molar-refractivity contribution in [3.8, 4) is 0 Å². The minimum atomic E-state index is -0.891. The van der Waals surface area contributed by atoms with Crippen LogP contribution in [-0.2, 0) is 4.79 Å². The van der Waals surface area contributed by atoms with Gasteiger partial charge in [0.2, 0.25) is 0 Å². The number of rotatable bonds is 1. The summed E-state index contributed by atoms with van der Waals surface area (Å²) in [5, 5.41) is 7.83.